The van der Waals surface area contributed by atoms with E-state index < -0.39 is 0 Å². The van der Waals surface area contributed by atoms with Crippen LogP contribution in [-0.4, -0.2) is 39.6 Å². The van der Waals surface area contributed by atoms with Crippen LogP contribution in [0.5, 0.6) is 0 Å². The van der Waals surface area contributed by atoms with Crippen molar-refractivity contribution in [1.82, 2.24) is 14.5 Å². The van der Waals surface area contributed by atoms with E-state index in [1.54, 1.807) is 0 Å². The third-order valence-corrected chi connectivity index (χ3v) is 3.76. The van der Waals surface area contributed by atoms with Crippen molar-refractivity contribution in [1.29, 1.82) is 0 Å². The summed E-state index contributed by atoms with van der Waals surface area (Å²) in [6.07, 6.45) is 2.11. The quantitative estimate of drug-likeness (QED) is 0.577. The van der Waals surface area contributed by atoms with Gasteiger partial charge in [-0.15, -0.1) is 5.10 Å². The molecule has 3 N–H and O–H groups in total. The van der Waals surface area contributed by atoms with Gasteiger partial charge in [0.25, 0.3) is 0 Å². The molecule has 15 heavy (non-hydrogen) atoms. The van der Waals surface area contributed by atoms with Crippen LogP contribution in [0.2, 0.25) is 0 Å². The summed E-state index contributed by atoms with van der Waals surface area (Å²) < 4.78 is 3.87. The largest absolute Gasteiger partial charge is 0.313 e. The number of aromatic nitrogens is 2. The molecule has 1 aromatic heterocycles. The van der Waals surface area contributed by atoms with Crippen LogP contribution < -0.4 is 11.3 Å². The van der Waals surface area contributed by atoms with Crippen LogP contribution in [0.3, 0.4) is 0 Å². The first-order valence-electron chi connectivity index (χ1n) is 4.66. The Morgan fingerprint density at radius 1 is 1.67 bits per heavy atom. The van der Waals surface area contributed by atoms with Gasteiger partial charge in [0, 0.05) is 29.9 Å². The summed E-state index contributed by atoms with van der Waals surface area (Å²) in [6, 6.07) is 0.521. The predicted octanol–water partition coefficient (Wildman–Crippen LogP) is 1.01. The minimum absolute atomic E-state index is 0.521. The first kappa shape index (κ1) is 12.7. The molecule has 0 aliphatic carbocycles. The summed E-state index contributed by atoms with van der Waals surface area (Å²) in [6.45, 7) is 2.98. The number of nitrogens with zero attached hydrogens (tertiary/aromatic N) is 3. The summed E-state index contributed by atoms with van der Waals surface area (Å²) in [7, 11) is 2.08. The number of nitrogen functional groups attached to an aromatic ring is 1. The number of rotatable bonds is 6. The van der Waals surface area contributed by atoms with Crippen LogP contribution in [0, 0.1) is 0 Å². The summed E-state index contributed by atoms with van der Waals surface area (Å²) in [5, 5.41) is 4.89. The highest BCUT2D eigenvalue weighted by molar-refractivity contribution is 7.98. The van der Waals surface area contributed by atoms with Gasteiger partial charge < -0.3 is 5.43 Å². The van der Waals surface area contributed by atoms with Crippen molar-refractivity contribution in [2.24, 2.45) is 5.84 Å². The smallest absolute Gasteiger partial charge is 0.148 e. The summed E-state index contributed by atoms with van der Waals surface area (Å²) in [4.78, 5) is 2.24. The van der Waals surface area contributed by atoms with E-state index in [-0.39, 0.29) is 0 Å². The zero-order chi connectivity index (χ0) is 11.3. The lowest BCUT2D eigenvalue weighted by molar-refractivity contribution is 0.267. The average molecular weight is 247 g/mol. The monoisotopic (exact) mass is 247 g/mol. The number of thioether (sulfide) groups is 1. The van der Waals surface area contributed by atoms with Gasteiger partial charge in [-0.2, -0.15) is 11.8 Å². The molecular formula is C8H17N5S2. The number of hydrogen-bond donors (Lipinski definition) is 2. The lowest BCUT2D eigenvalue weighted by Crippen LogP contribution is -2.31. The van der Waals surface area contributed by atoms with E-state index in [4.69, 9.17) is 5.84 Å². The molecule has 0 saturated carbocycles. The van der Waals surface area contributed by atoms with E-state index in [2.05, 4.69) is 40.1 Å². The Bertz CT molecular complexity index is 290. The molecule has 0 fully saturated rings. The highest BCUT2D eigenvalue weighted by Crippen LogP contribution is 2.18. The van der Waals surface area contributed by atoms with Gasteiger partial charge in [0.1, 0.15) is 10.7 Å². The lowest BCUT2D eigenvalue weighted by atomic mass is 10.3. The van der Waals surface area contributed by atoms with E-state index in [1.165, 1.54) is 11.5 Å². The van der Waals surface area contributed by atoms with Crippen molar-refractivity contribution in [3.8, 4) is 0 Å². The zero-order valence-electron chi connectivity index (χ0n) is 9.23. The molecule has 1 heterocycles. The van der Waals surface area contributed by atoms with Crippen LogP contribution in [0.25, 0.3) is 0 Å². The molecule has 0 aliphatic rings. The fourth-order valence-corrected chi connectivity index (χ4v) is 2.40. The Balaban J connectivity index is 2.53. The molecule has 7 heteroatoms. The molecule has 5 nitrogen and oxygen atoms in total. The summed E-state index contributed by atoms with van der Waals surface area (Å²) >= 11 is 3.13. The molecule has 0 amide bonds. The van der Waals surface area contributed by atoms with Gasteiger partial charge in [-0.1, -0.05) is 4.49 Å². The molecule has 1 atom stereocenters. The lowest BCUT2D eigenvalue weighted by Gasteiger charge is -2.23. The van der Waals surface area contributed by atoms with Crippen molar-refractivity contribution < 1.29 is 0 Å². The third-order valence-electron chi connectivity index (χ3n) is 2.25. The van der Waals surface area contributed by atoms with Crippen molar-refractivity contribution in [3.05, 3.63) is 5.69 Å². The number of anilines is 1. The van der Waals surface area contributed by atoms with Crippen LogP contribution >= 0.6 is 23.3 Å². The van der Waals surface area contributed by atoms with E-state index in [9.17, 15) is 0 Å². The van der Waals surface area contributed by atoms with Crippen LogP contribution in [0.15, 0.2) is 0 Å². The van der Waals surface area contributed by atoms with Gasteiger partial charge in [0.15, 0.2) is 0 Å². The molecule has 86 valence electrons. The number of nitrogens with one attached hydrogen (secondary N) is 1. The van der Waals surface area contributed by atoms with Gasteiger partial charge in [-0.05, 0) is 20.2 Å². The predicted molar refractivity (Wildman–Crippen MR) is 67.0 cm³/mol. The van der Waals surface area contributed by atoms with Gasteiger partial charge in [-0.3, -0.25) is 4.90 Å². The van der Waals surface area contributed by atoms with Crippen LogP contribution in [0.1, 0.15) is 12.6 Å². The zero-order valence-corrected chi connectivity index (χ0v) is 10.9. The fourth-order valence-electron chi connectivity index (χ4n) is 1.18. The van der Waals surface area contributed by atoms with E-state index >= 15 is 0 Å². The third kappa shape index (κ3) is 3.60. The van der Waals surface area contributed by atoms with E-state index in [0.717, 1.165) is 23.0 Å². The minimum Gasteiger partial charge on any atom is -0.313 e. The maximum absolute atomic E-state index is 5.36. The van der Waals surface area contributed by atoms with Gasteiger partial charge in [0.2, 0.25) is 0 Å². The summed E-state index contributed by atoms with van der Waals surface area (Å²) in [5.41, 5.74) is 3.53. The Kier molecular flexibility index (Phi) is 5.30. The normalized spacial score (nSPS) is 13.1. The molecule has 0 radical (unpaired) electrons. The Hall–Kier alpha value is -0.370. The van der Waals surface area contributed by atoms with E-state index in [0.29, 0.717) is 6.04 Å². The average Bonchev–Trinajstić information content (AvgIpc) is 2.65. The van der Waals surface area contributed by atoms with Gasteiger partial charge >= 0.3 is 0 Å². The van der Waals surface area contributed by atoms with E-state index in [1.807, 2.05) is 11.8 Å². The Morgan fingerprint density at radius 3 is 3.00 bits per heavy atom. The highest BCUT2D eigenvalue weighted by Gasteiger charge is 2.13. The second-order valence-electron chi connectivity index (χ2n) is 3.41. The van der Waals surface area contributed by atoms with Crippen molar-refractivity contribution in [2.45, 2.75) is 19.5 Å². The molecular weight excluding hydrogens is 230 g/mol. The number of nitrogens with two attached hydrogens (primary N) is 1. The fraction of sp³-hybridized carbons (Fsp3) is 0.750. The maximum Gasteiger partial charge on any atom is 0.148 e. The van der Waals surface area contributed by atoms with Gasteiger partial charge in [-0.25, -0.2) is 5.84 Å². The molecule has 0 aliphatic heterocycles. The Labute approximate surface area is 98.6 Å². The molecule has 1 unspecified atom stereocenters. The van der Waals surface area contributed by atoms with Crippen molar-refractivity contribution >= 4 is 28.3 Å². The summed E-state index contributed by atoms with van der Waals surface area (Å²) in [5.74, 6) is 6.47. The molecule has 0 bridgehead atoms. The minimum atomic E-state index is 0.521. The topological polar surface area (TPSA) is 67.1 Å². The highest BCUT2D eigenvalue weighted by atomic mass is 32.2. The molecule has 1 rings (SSSR count). The second kappa shape index (κ2) is 6.26. The second-order valence-corrected chi connectivity index (χ2v) is 5.08. The van der Waals surface area contributed by atoms with Crippen LogP contribution in [-0.2, 0) is 6.54 Å². The van der Waals surface area contributed by atoms with Crippen molar-refractivity contribution in [3.63, 3.8) is 0 Å². The molecule has 1 aromatic rings. The number of hydrazine groups is 1. The first-order chi connectivity index (χ1) is 7.19. The number of hydrogen-bond acceptors (Lipinski definition) is 7. The standard InChI is InChI=1S/C8H17N5S2/c1-6(5-14-3)13(2)4-7-8(10-9)15-12-11-7/h6,10H,4-5,9H2,1-3H3. The van der Waals surface area contributed by atoms with Crippen LogP contribution in [0.4, 0.5) is 5.00 Å². The SMILES string of the molecule is CSCC(C)N(C)Cc1nnsc1NN. The maximum atomic E-state index is 5.36. The molecule has 0 spiro atoms. The van der Waals surface area contributed by atoms with Crippen molar-refractivity contribution in [2.75, 3.05) is 24.5 Å². The Morgan fingerprint density at radius 2 is 2.40 bits per heavy atom. The first-order valence-corrected chi connectivity index (χ1v) is 6.82. The van der Waals surface area contributed by atoms with Gasteiger partial charge in [0.05, 0.1) is 0 Å². The molecule has 0 aromatic carbocycles. The molecule has 0 saturated heterocycles.